The number of hydrogen-bond donors (Lipinski definition) is 1. The summed E-state index contributed by atoms with van der Waals surface area (Å²) in [5.41, 5.74) is 6.23. The zero-order valence-corrected chi connectivity index (χ0v) is 9.32. The molecular formula is C11H18N2O2. The summed E-state index contributed by atoms with van der Waals surface area (Å²) in [6, 6.07) is 3.51. The predicted molar refractivity (Wildman–Crippen MR) is 60.2 cm³/mol. The van der Waals surface area contributed by atoms with Gasteiger partial charge in [-0.05, 0) is 19.4 Å². The maximum absolute atomic E-state index is 5.69. The highest BCUT2D eigenvalue weighted by Gasteiger charge is 2.03. The van der Waals surface area contributed by atoms with Crippen molar-refractivity contribution in [3.8, 4) is 11.8 Å². The van der Waals surface area contributed by atoms with E-state index in [4.69, 9.17) is 15.2 Å². The van der Waals surface area contributed by atoms with Crippen LogP contribution in [-0.4, -0.2) is 18.2 Å². The third-order valence-electron chi connectivity index (χ3n) is 1.89. The first-order valence-electron chi connectivity index (χ1n) is 5.30. The van der Waals surface area contributed by atoms with Crippen LogP contribution in [0.25, 0.3) is 0 Å². The minimum Gasteiger partial charge on any atom is -0.478 e. The van der Waals surface area contributed by atoms with E-state index in [0.717, 1.165) is 12.8 Å². The van der Waals surface area contributed by atoms with Gasteiger partial charge in [-0.25, -0.2) is 0 Å². The highest BCUT2D eigenvalue weighted by atomic mass is 16.5. The van der Waals surface area contributed by atoms with E-state index < -0.39 is 0 Å². The Labute approximate surface area is 90.4 Å². The first kappa shape index (κ1) is 11.6. The standard InChI is InChI=1S/C11H18N2O2/c1-3-5-8-15-10-7-6-9(12)11(13-10)14-4-2/h6-7H,3-5,8,12H2,1-2H3. The topological polar surface area (TPSA) is 57.4 Å². The Balaban J connectivity index is 2.61. The molecule has 0 aromatic carbocycles. The summed E-state index contributed by atoms with van der Waals surface area (Å²) in [5, 5.41) is 0. The SMILES string of the molecule is CCCCOc1ccc(N)c(OCC)n1. The zero-order chi connectivity index (χ0) is 11.1. The van der Waals surface area contributed by atoms with Crippen molar-refractivity contribution in [2.75, 3.05) is 18.9 Å². The third kappa shape index (κ3) is 3.65. The number of nitrogen functional groups attached to an aromatic ring is 1. The van der Waals surface area contributed by atoms with Gasteiger partial charge in [0.25, 0.3) is 0 Å². The van der Waals surface area contributed by atoms with Gasteiger partial charge in [-0.1, -0.05) is 13.3 Å². The van der Waals surface area contributed by atoms with E-state index >= 15 is 0 Å². The first-order valence-corrected chi connectivity index (χ1v) is 5.30. The van der Waals surface area contributed by atoms with E-state index in [1.165, 1.54) is 0 Å². The van der Waals surface area contributed by atoms with Gasteiger partial charge in [0.1, 0.15) is 0 Å². The van der Waals surface area contributed by atoms with Crippen LogP contribution in [0.15, 0.2) is 12.1 Å². The fraction of sp³-hybridized carbons (Fsp3) is 0.545. The van der Waals surface area contributed by atoms with Gasteiger partial charge >= 0.3 is 0 Å². The lowest BCUT2D eigenvalue weighted by Crippen LogP contribution is -2.03. The van der Waals surface area contributed by atoms with Crippen LogP contribution in [0, 0.1) is 0 Å². The molecule has 84 valence electrons. The summed E-state index contributed by atoms with van der Waals surface area (Å²) in [6.45, 7) is 5.24. The van der Waals surface area contributed by atoms with Crippen LogP contribution in [0.1, 0.15) is 26.7 Å². The molecule has 1 rings (SSSR count). The zero-order valence-electron chi connectivity index (χ0n) is 9.32. The lowest BCUT2D eigenvalue weighted by atomic mass is 10.3. The van der Waals surface area contributed by atoms with Crippen molar-refractivity contribution in [3.63, 3.8) is 0 Å². The number of ether oxygens (including phenoxy) is 2. The summed E-state index contributed by atoms with van der Waals surface area (Å²) in [6.07, 6.45) is 2.13. The van der Waals surface area contributed by atoms with Crippen LogP contribution < -0.4 is 15.2 Å². The van der Waals surface area contributed by atoms with Crippen molar-refractivity contribution in [3.05, 3.63) is 12.1 Å². The Bertz CT molecular complexity index is 303. The minimum absolute atomic E-state index is 0.450. The van der Waals surface area contributed by atoms with Gasteiger partial charge in [0.05, 0.1) is 18.9 Å². The van der Waals surface area contributed by atoms with Crippen LogP contribution in [0.2, 0.25) is 0 Å². The number of pyridine rings is 1. The third-order valence-corrected chi connectivity index (χ3v) is 1.89. The van der Waals surface area contributed by atoms with E-state index in [1.807, 2.05) is 6.92 Å². The predicted octanol–water partition coefficient (Wildman–Crippen LogP) is 2.24. The minimum atomic E-state index is 0.450. The second-order valence-corrected chi connectivity index (χ2v) is 3.18. The van der Waals surface area contributed by atoms with E-state index in [0.29, 0.717) is 30.7 Å². The molecule has 0 spiro atoms. The van der Waals surface area contributed by atoms with Gasteiger partial charge in [0, 0.05) is 6.07 Å². The van der Waals surface area contributed by atoms with Gasteiger partial charge in [0.2, 0.25) is 11.8 Å². The van der Waals surface area contributed by atoms with E-state index in [1.54, 1.807) is 12.1 Å². The molecule has 1 heterocycles. The molecule has 0 atom stereocenters. The van der Waals surface area contributed by atoms with E-state index in [-0.39, 0.29) is 0 Å². The van der Waals surface area contributed by atoms with Crippen LogP contribution in [-0.2, 0) is 0 Å². The Hall–Kier alpha value is -1.45. The quantitative estimate of drug-likeness (QED) is 0.731. The van der Waals surface area contributed by atoms with Gasteiger partial charge < -0.3 is 15.2 Å². The van der Waals surface area contributed by atoms with Crippen LogP contribution in [0.5, 0.6) is 11.8 Å². The summed E-state index contributed by atoms with van der Waals surface area (Å²) in [7, 11) is 0. The largest absolute Gasteiger partial charge is 0.478 e. The maximum atomic E-state index is 5.69. The molecule has 0 amide bonds. The van der Waals surface area contributed by atoms with Gasteiger partial charge in [-0.3, -0.25) is 0 Å². The molecule has 0 saturated heterocycles. The molecule has 0 bridgehead atoms. The molecule has 0 saturated carbocycles. The van der Waals surface area contributed by atoms with Gasteiger partial charge in [0.15, 0.2) is 0 Å². The van der Waals surface area contributed by atoms with Crippen LogP contribution in [0.4, 0.5) is 5.69 Å². The fourth-order valence-electron chi connectivity index (χ4n) is 1.09. The number of aromatic nitrogens is 1. The van der Waals surface area contributed by atoms with Crippen molar-refractivity contribution < 1.29 is 9.47 Å². The molecule has 0 aliphatic rings. The Morgan fingerprint density at radius 2 is 2.07 bits per heavy atom. The Kier molecular flexibility index (Phi) is 4.74. The average molecular weight is 210 g/mol. The van der Waals surface area contributed by atoms with Crippen LogP contribution >= 0.6 is 0 Å². The van der Waals surface area contributed by atoms with Crippen molar-refractivity contribution in [1.29, 1.82) is 0 Å². The lowest BCUT2D eigenvalue weighted by molar-refractivity contribution is 0.283. The number of rotatable bonds is 6. The fourth-order valence-corrected chi connectivity index (χ4v) is 1.09. The van der Waals surface area contributed by atoms with Crippen molar-refractivity contribution in [2.24, 2.45) is 0 Å². The molecule has 4 heteroatoms. The Morgan fingerprint density at radius 3 is 2.73 bits per heavy atom. The number of anilines is 1. The summed E-state index contributed by atoms with van der Waals surface area (Å²) in [5.74, 6) is 1.02. The molecule has 1 aromatic heterocycles. The lowest BCUT2D eigenvalue weighted by Gasteiger charge is -2.08. The molecule has 0 aliphatic heterocycles. The smallest absolute Gasteiger partial charge is 0.240 e. The number of hydrogen-bond acceptors (Lipinski definition) is 4. The van der Waals surface area contributed by atoms with Crippen molar-refractivity contribution >= 4 is 5.69 Å². The maximum Gasteiger partial charge on any atom is 0.240 e. The highest BCUT2D eigenvalue weighted by molar-refractivity contribution is 5.49. The molecule has 0 fully saturated rings. The average Bonchev–Trinajstić information content (AvgIpc) is 2.23. The second-order valence-electron chi connectivity index (χ2n) is 3.18. The molecule has 4 nitrogen and oxygen atoms in total. The summed E-state index contributed by atoms with van der Waals surface area (Å²) in [4.78, 5) is 4.16. The Morgan fingerprint density at radius 1 is 1.27 bits per heavy atom. The summed E-state index contributed by atoms with van der Waals surface area (Å²) >= 11 is 0. The monoisotopic (exact) mass is 210 g/mol. The summed E-state index contributed by atoms with van der Waals surface area (Å²) < 4.78 is 10.7. The molecule has 2 N–H and O–H groups in total. The molecule has 1 aromatic rings. The highest BCUT2D eigenvalue weighted by Crippen LogP contribution is 2.22. The number of nitrogens with two attached hydrogens (primary N) is 1. The molecular weight excluding hydrogens is 192 g/mol. The molecule has 15 heavy (non-hydrogen) atoms. The number of nitrogens with zero attached hydrogens (tertiary/aromatic N) is 1. The molecule has 0 aliphatic carbocycles. The number of unbranched alkanes of at least 4 members (excludes halogenated alkanes) is 1. The van der Waals surface area contributed by atoms with E-state index in [9.17, 15) is 0 Å². The van der Waals surface area contributed by atoms with Crippen molar-refractivity contribution in [1.82, 2.24) is 4.98 Å². The normalized spacial score (nSPS) is 10.0. The second kappa shape index (κ2) is 6.11. The molecule has 0 unspecified atom stereocenters. The van der Waals surface area contributed by atoms with Crippen molar-refractivity contribution in [2.45, 2.75) is 26.7 Å². The first-order chi connectivity index (χ1) is 7.27. The van der Waals surface area contributed by atoms with Gasteiger partial charge in [-0.15, -0.1) is 0 Å². The van der Waals surface area contributed by atoms with Crippen LogP contribution in [0.3, 0.4) is 0 Å². The van der Waals surface area contributed by atoms with E-state index in [2.05, 4.69) is 11.9 Å². The molecule has 0 radical (unpaired) electrons. The van der Waals surface area contributed by atoms with Gasteiger partial charge in [-0.2, -0.15) is 4.98 Å².